The van der Waals surface area contributed by atoms with Crippen LogP contribution in [-0.2, 0) is 10.8 Å². The molecule has 88 valence electrons. The first-order valence-electron chi connectivity index (χ1n) is 4.68. The topological polar surface area (TPSA) is 58.2 Å². The number of amides is 2. The van der Waals surface area contributed by atoms with Crippen LogP contribution < -0.4 is 10.6 Å². The second-order valence-corrected chi connectivity index (χ2v) is 4.72. The molecular formula is C10H13FN2O2S. The van der Waals surface area contributed by atoms with Crippen molar-refractivity contribution in [2.75, 3.05) is 23.9 Å². The van der Waals surface area contributed by atoms with E-state index in [1.807, 2.05) is 0 Å². The van der Waals surface area contributed by atoms with E-state index in [9.17, 15) is 13.4 Å². The third kappa shape index (κ3) is 4.88. The lowest BCUT2D eigenvalue weighted by Gasteiger charge is -2.06. The molecule has 0 aromatic heterocycles. The summed E-state index contributed by atoms with van der Waals surface area (Å²) in [6.45, 7) is 0.343. The molecule has 0 saturated carbocycles. The normalized spacial score (nSPS) is 11.9. The molecule has 6 heteroatoms. The van der Waals surface area contributed by atoms with E-state index in [1.165, 1.54) is 24.3 Å². The molecule has 4 nitrogen and oxygen atoms in total. The zero-order valence-corrected chi connectivity index (χ0v) is 9.64. The second kappa shape index (κ2) is 6.22. The van der Waals surface area contributed by atoms with Gasteiger partial charge in [-0.1, -0.05) is 0 Å². The fourth-order valence-electron chi connectivity index (χ4n) is 1.02. The van der Waals surface area contributed by atoms with Crippen LogP contribution in [0.25, 0.3) is 0 Å². The Bertz CT molecular complexity index is 381. The molecule has 16 heavy (non-hydrogen) atoms. The lowest BCUT2D eigenvalue weighted by atomic mass is 10.3. The van der Waals surface area contributed by atoms with Gasteiger partial charge in [0.25, 0.3) is 0 Å². The zero-order valence-electron chi connectivity index (χ0n) is 8.83. The number of hydrogen-bond donors (Lipinski definition) is 2. The Morgan fingerprint density at radius 2 is 2.00 bits per heavy atom. The summed E-state index contributed by atoms with van der Waals surface area (Å²) in [6, 6.07) is 5.06. The van der Waals surface area contributed by atoms with Gasteiger partial charge < -0.3 is 10.6 Å². The SMILES string of the molecule is CS(=O)CCNC(=O)Nc1ccc(F)cc1. The Labute approximate surface area is 95.7 Å². The smallest absolute Gasteiger partial charge is 0.319 e. The maximum atomic E-state index is 12.6. The van der Waals surface area contributed by atoms with Crippen molar-refractivity contribution in [2.24, 2.45) is 0 Å². The maximum absolute atomic E-state index is 12.6. The van der Waals surface area contributed by atoms with Gasteiger partial charge in [0.1, 0.15) is 5.82 Å². The number of halogens is 1. The van der Waals surface area contributed by atoms with Gasteiger partial charge >= 0.3 is 6.03 Å². The molecule has 0 aliphatic heterocycles. The minimum absolute atomic E-state index is 0.343. The minimum atomic E-state index is -0.924. The highest BCUT2D eigenvalue weighted by molar-refractivity contribution is 7.84. The second-order valence-electron chi connectivity index (χ2n) is 3.17. The first-order chi connectivity index (χ1) is 7.58. The lowest BCUT2D eigenvalue weighted by molar-refractivity contribution is 0.252. The van der Waals surface area contributed by atoms with Crippen LogP contribution in [0.15, 0.2) is 24.3 Å². The van der Waals surface area contributed by atoms with Crippen LogP contribution in [0.1, 0.15) is 0 Å². The Hall–Kier alpha value is -1.43. The van der Waals surface area contributed by atoms with Gasteiger partial charge in [0, 0.05) is 35.0 Å². The summed E-state index contributed by atoms with van der Waals surface area (Å²) in [7, 11) is -0.924. The fourth-order valence-corrected chi connectivity index (χ4v) is 1.41. The summed E-state index contributed by atoms with van der Waals surface area (Å²) >= 11 is 0. The Balaban J connectivity index is 2.34. The summed E-state index contributed by atoms with van der Waals surface area (Å²) in [4.78, 5) is 11.3. The van der Waals surface area contributed by atoms with E-state index in [1.54, 1.807) is 6.26 Å². The van der Waals surface area contributed by atoms with Crippen LogP contribution >= 0.6 is 0 Å². The van der Waals surface area contributed by atoms with Crippen molar-refractivity contribution in [3.8, 4) is 0 Å². The Morgan fingerprint density at radius 3 is 2.56 bits per heavy atom. The first-order valence-corrected chi connectivity index (χ1v) is 6.41. The van der Waals surface area contributed by atoms with Crippen LogP contribution in [-0.4, -0.2) is 28.8 Å². The zero-order chi connectivity index (χ0) is 12.0. The number of benzene rings is 1. The fraction of sp³-hybridized carbons (Fsp3) is 0.300. The standard InChI is InChI=1S/C10H13FN2O2S/c1-16(15)7-6-12-10(14)13-9-4-2-8(11)3-5-9/h2-5H,6-7H2,1H3,(H2,12,13,14). The molecule has 0 bridgehead atoms. The van der Waals surface area contributed by atoms with Crippen molar-refractivity contribution in [3.05, 3.63) is 30.1 Å². The summed E-state index contributed by atoms with van der Waals surface area (Å²) in [6.07, 6.45) is 1.57. The van der Waals surface area contributed by atoms with Gasteiger partial charge in [-0.2, -0.15) is 0 Å². The molecule has 1 aromatic carbocycles. The number of nitrogens with one attached hydrogen (secondary N) is 2. The van der Waals surface area contributed by atoms with E-state index in [0.29, 0.717) is 18.0 Å². The van der Waals surface area contributed by atoms with Crippen molar-refractivity contribution in [2.45, 2.75) is 0 Å². The van der Waals surface area contributed by atoms with E-state index in [4.69, 9.17) is 0 Å². The molecule has 2 N–H and O–H groups in total. The van der Waals surface area contributed by atoms with E-state index in [2.05, 4.69) is 10.6 Å². The summed E-state index contributed by atoms with van der Waals surface area (Å²) in [5.74, 6) is 0.0592. The molecule has 0 radical (unpaired) electrons. The van der Waals surface area contributed by atoms with Gasteiger partial charge in [-0.25, -0.2) is 9.18 Å². The van der Waals surface area contributed by atoms with Crippen LogP contribution in [0.3, 0.4) is 0 Å². The third-order valence-corrected chi connectivity index (χ3v) is 2.56. The van der Waals surface area contributed by atoms with Gasteiger partial charge in [0.15, 0.2) is 0 Å². The molecule has 1 atom stereocenters. The average Bonchev–Trinajstić information content (AvgIpc) is 2.21. The number of urea groups is 1. The van der Waals surface area contributed by atoms with Crippen molar-refractivity contribution < 1.29 is 13.4 Å². The molecule has 0 aliphatic carbocycles. The molecule has 0 fully saturated rings. The van der Waals surface area contributed by atoms with Crippen molar-refractivity contribution in [1.82, 2.24) is 5.32 Å². The molecular weight excluding hydrogens is 231 g/mol. The predicted molar refractivity (Wildman–Crippen MR) is 62.4 cm³/mol. The highest BCUT2D eigenvalue weighted by atomic mass is 32.2. The van der Waals surface area contributed by atoms with Crippen LogP contribution in [0.2, 0.25) is 0 Å². The quantitative estimate of drug-likeness (QED) is 0.839. The van der Waals surface area contributed by atoms with Gasteiger partial charge in [0.05, 0.1) is 0 Å². The Kier molecular flexibility index (Phi) is 4.91. The largest absolute Gasteiger partial charge is 0.337 e. The maximum Gasteiger partial charge on any atom is 0.319 e. The van der Waals surface area contributed by atoms with Crippen LogP contribution in [0.5, 0.6) is 0 Å². The number of anilines is 1. The summed E-state index contributed by atoms with van der Waals surface area (Å²) < 4.78 is 23.3. The predicted octanol–water partition coefficient (Wildman–Crippen LogP) is 1.33. The number of hydrogen-bond acceptors (Lipinski definition) is 2. The molecule has 0 saturated heterocycles. The van der Waals surface area contributed by atoms with Gasteiger partial charge in [0.2, 0.25) is 0 Å². The highest BCUT2D eigenvalue weighted by Crippen LogP contribution is 2.07. The molecule has 1 unspecified atom stereocenters. The molecule has 2 amide bonds. The van der Waals surface area contributed by atoms with Crippen LogP contribution in [0, 0.1) is 5.82 Å². The van der Waals surface area contributed by atoms with Gasteiger partial charge in [-0.15, -0.1) is 0 Å². The minimum Gasteiger partial charge on any atom is -0.337 e. The van der Waals surface area contributed by atoms with Gasteiger partial charge in [-0.05, 0) is 24.3 Å². The first kappa shape index (κ1) is 12.6. The van der Waals surface area contributed by atoms with Crippen molar-refractivity contribution in [1.29, 1.82) is 0 Å². The summed E-state index contributed by atoms with van der Waals surface area (Å²) in [5, 5.41) is 5.07. The summed E-state index contributed by atoms with van der Waals surface area (Å²) in [5.41, 5.74) is 0.511. The third-order valence-electron chi connectivity index (χ3n) is 1.78. The van der Waals surface area contributed by atoms with Crippen LogP contribution in [0.4, 0.5) is 14.9 Å². The monoisotopic (exact) mass is 244 g/mol. The molecule has 0 aliphatic rings. The van der Waals surface area contributed by atoms with E-state index in [0.717, 1.165) is 0 Å². The van der Waals surface area contributed by atoms with E-state index < -0.39 is 16.8 Å². The molecule has 1 rings (SSSR count). The van der Waals surface area contributed by atoms with Crippen molar-refractivity contribution >= 4 is 22.5 Å². The number of rotatable bonds is 4. The number of carbonyl (C=O) groups is 1. The molecule has 1 aromatic rings. The molecule has 0 spiro atoms. The molecule has 0 heterocycles. The average molecular weight is 244 g/mol. The Morgan fingerprint density at radius 1 is 1.38 bits per heavy atom. The van der Waals surface area contributed by atoms with E-state index in [-0.39, 0.29) is 5.82 Å². The van der Waals surface area contributed by atoms with E-state index >= 15 is 0 Å². The van der Waals surface area contributed by atoms with Gasteiger partial charge in [-0.3, -0.25) is 4.21 Å². The highest BCUT2D eigenvalue weighted by Gasteiger charge is 2.01. The van der Waals surface area contributed by atoms with Crippen molar-refractivity contribution in [3.63, 3.8) is 0 Å². The number of carbonyl (C=O) groups excluding carboxylic acids is 1. The lowest BCUT2D eigenvalue weighted by Crippen LogP contribution is -2.31.